The number of aliphatic hydroxyl groups excluding tert-OH is 1. The first-order chi connectivity index (χ1) is 8.83. The Hall–Kier alpha value is -1.78. The lowest BCUT2D eigenvalue weighted by Gasteiger charge is -2.05. The molecule has 4 nitrogen and oxygen atoms in total. The molecule has 94 valence electrons. The minimum Gasteiger partial charge on any atom is -0.396 e. The highest BCUT2D eigenvalue weighted by atomic mass is 16.5. The van der Waals surface area contributed by atoms with Crippen LogP contribution in [0, 0.1) is 0 Å². The van der Waals surface area contributed by atoms with Crippen molar-refractivity contribution in [2.24, 2.45) is 0 Å². The molecule has 4 heteroatoms. The number of rotatable bonds is 5. The molecule has 0 fully saturated rings. The van der Waals surface area contributed by atoms with Gasteiger partial charge in [-0.25, -0.2) is 0 Å². The molecule has 0 saturated heterocycles. The predicted octanol–water partition coefficient (Wildman–Crippen LogP) is 1.82. The zero-order valence-corrected chi connectivity index (χ0v) is 10.3. The molecule has 0 aliphatic rings. The van der Waals surface area contributed by atoms with E-state index in [0.717, 1.165) is 22.5 Å². The Labute approximate surface area is 106 Å². The lowest BCUT2D eigenvalue weighted by molar-refractivity contribution is 0.185. The molecule has 2 aromatic heterocycles. The first-order valence-electron chi connectivity index (χ1n) is 5.83. The monoisotopic (exact) mass is 244 g/mol. The standard InChI is InChI=1S/C14H16N2O2/c1-18-10-12-3-6-16-14(9-12)13-8-11(4-7-17)2-5-15-13/h2-3,5-6,8-9,17H,4,7,10H2,1H3. The highest BCUT2D eigenvalue weighted by Gasteiger charge is 2.03. The maximum atomic E-state index is 8.94. The van der Waals surface area contributed by atoms with Gasteiger partial charge in [0, 0.05) is 26.1 Å². The fourth-order valence-corrected chi connectivity index (χ4v) is 1.77. The Kier molecular flexibility index (Phi) is 4.39. The van der Waals surface area contributed by atoms with Crippen LogP contribution in [0.4, 0.5) is 0 Å². The molecule has 0 aliphatic heterocycles. The molecule has 2 rings (SSSR count). The summed E-state index contributed by atoms with van der Waals surface area (Å²) in [6, 6.07) is 7.74. The van der Waals surface area contributed by atoms with Gasteiger partial charge in [-0.05, 0) is 41.8 Å². The number of aromatic nitrogens is 2. The second-order valence-corrected chi connectivity index (χ2v) is 4.01. The second-order valence-electron chi connectivity index (χ2n) is 4.01. The van der Waals surface area contributed by atoms with Crippen LogP contribution in [0.15, 0.2) is 36.7 Å². The number of hydrogen-bond donors (Lipinski definition) is 1. The minimum absolute atomic E-state index is 0.139. The molecule has 0 saturated carbocycles. The van der Waals surface area contributed by atoms with E-state index in [1.165, 1.54) is 0 Å². The van der Waals surface area contributed by atoms with E-state index in [9.17, 15) is 0 Å². The summed E-state index contributed by atoms with van der Waals surface area (Å²) in [7, 11) is 1.67. The Morgan fingerprint density at radius 2 is 1.67 bits per heavy atom. The Bertz CT molecular complexity index is 467. The van der Waals surface area contributed by atoms with Crippen LogP contribution in [0.5, 0.6) is 0 Å². The van der Waals surface area contributed by atoms with Crippen LogP contribution in [-0.2, 0) is 17.8 Å². The van der Waals surface area contributed by atoms with Crippen LogP contribution < -0.4 is 0 Å². The molecule has 0 radical (unpaired) electrons. The van der Waals surface area contributed by atoms with Gasteiger partial charge in [0.2, 0.25) is 0 Å². The van der Waals surface area contributed by atoms with Crippen molar-refractivity contribution in [3.63, 3.8) is 0 Å². The van der Waals surface area contributed by atoms with Crippen LogP contribution in [0.25, 0.3) is 11.4 Å². The third-order valence-corrected chi connectivity index (χ3v) is 2.62. The summed E-state index contributed by atoms with van der Waals surface area (Å²) in [5.74, 6) is 0. The maximum Gasteiger partial charge on any atom is 0.0889 e. The molecule has 18 heavy (non-hydrogen) atoms. The molecule has 0 spiro atoms. The van der Waals surface area contributed by atoms with Crippen molar-refractivity contribution >= 4 is 0 Å². The van der Waals surface area contributed by atoms with Crippen molar-refractivity contribution in [2.45, 2.75) is 13.0 Å². The molecule has 0 atom stereocenters. The molecular weight excluding hydrogens is 228 g/mol. The van der Waals surface area contributed by atoms with Crippen molar-refractivity contribution in [1.29, 1.82) is 0 Å². The molecule has 0 unspecified atom stereocenters. The zero-order valence-electron chi connectivity index (χ0n) is 10.3. The molecule has 2 heterocycles. The highest BCUT2D eigenvalue weighted by molar-refractivity contribution is 5.55. The predicted molar refractivity (Wildman–Crippen MR) is 69.0 cm³/mol. The number of methoxy groups -OCH3 is 1. The minimum atomic E-state index is 0.139. The van der Waals surface area contributed by atoms with Gasteiger partial charge in [-0.15, -0.1) is 0 Å². The first kappa shape index (κ1) is 12.7. The van der Waals surface area contributed by atoms with Gasteiger partial charge in [-0.3, -0.25) is 9.97 Å². The summed E-state index contributed by atoms with van der Waals surface area (Å²) in [4.78, 5) is 8.62. The van der Waals surface area contributed by atoms with E-state index in [1.807, 2.05) is 24.3 Å². The van der Waals surface area contributed by atoms with Crippen molar-refractivity contribution in [1.82, 2.24) is 9.97 Å². The van der Waals surface area contributed by atoms with E-state index in [1.54, 1.807) is 19.5 Å². The van der Waals surface area contributed by atoms with Gasteiger partial charge in [-0.2, -0.15) is 0 Å². The van der Waals surface area contributed by atoms with E-state index in [-0.39, 0.29) is 6.61 Å². The first-order valence-corrected chi connectivity index (χ1v) is 5.83. The fraction of sp³-hybridized carbons (Fsp3) is 0.286. The summed E-state index contributed by atoms with van der Waals surface area (Å²) >= 11 is 0. The second kappa shape index (κ2) is 6.23. The molecule has 0 aliphatic carbocycles. The van der Waals surface area contributed by atoms with E-state index in [4.69, 9.17) is 9.84 Å². The number of hydrogen-bond acceptors (Lipinski definition) is 4. The van der Waals surface area contributed by atoms with Crippen LogP contribution in [0.2, 0.25) is 0 Å². The molecule has 0 amide bonds. The summed E-state index contributed by atoms with van der Waals surface area (Å²) in [5, 5.41) is 8.94. The van der Waals surface area contributed by atoms with Gasteiger partial charge < -0.3 is 9.84 Å². The summed E-state index contributed by atoms with van der Waals surface area (Å²) in [6.45, 7) is 0.701. The van der Waals surface area contributed by atoms with Crippen LogP contribution >= 0.6 is 0 Å². The Balaban J connectivity index is 2.29. The van der Waals surface area contributed by atoms with Crippen LogP contribution in [-0.4, -0.2) is 28.8 Å². The van der Waals surface area contributed by atoms with Gasteiger partial charge in [0.25, 0.3) is 0 Å². The lowest BCUT2D eigenvalue weighted by atomic mass is 10.1. The van der Waals surface area contributed by atoms with Crippen molar-refractivity contribution < 1.29 is 9.84 Å². The van der Waals surface area contributed by atoms with Crippen molar-refractivity contribution in [2.75, 3.05) is 13.7 Å². The third-order valence-electron chi connectivity index (χ3n) is 2.62. The summed E-state index contributed by atoms with van der Waals surface area (Å²) < 4.78 is 5.10. The molecule has 0 aromatic carbocycles. The van der Waals surface area contributed by atoms with Crippen LogP contribution in [0.3, 0.4) is 0 Å². The molecule has 0 bridgehead atoms. The summed E-state index contributed by atoms with van der Waals surface area (Å²) in [5.41, 5.74) is 3.77. The van der Waals surface area contributed by atoms with Crippen molar-refractivity contribution in [3.05, 3.63) is 47.8 Å². The largest absolute Gasteiger partial charge is 0.396 e. The Morgan fingerprint density at radius 1 is 1.06 bits per heavy atom. The number of pyridine rings is 2. The van der Waals surface area contributed by atoms with Crippen molar-refractivity contribution in [3.8, 4) is 11.4 Å². The topological polar surface area (TPSA) is 55.2 Å². The summed E-state index contributed by atoms with van der Waals surface area (Å²) in [6.07, 6.45) is 4.13. The van der Waals surface area contributed by atoms with E-state index >= 15 is 0 Å². The van der Waals surface area contributed by atoms with Gasteiger partial charge in [-0.1, -0.05) is 0 Å². The maximum absolute atomic E-state index is 8.94. The van der Waals surface area contributed by atoms with E-state index in [0.29, 0.717) is 13.0 Å². The highest BCUT2D eigenvalue weighted by Crippen LogP contribution is 2.17. The van der Waals surface area contributed by atoms with Crippen LogP contribution in [0.1, 0.15) is 11.1 Å². The van der Waals surface area contributed by atoms with Gasteiger partial charge in [0.1, 0.15) is 0 Å². The molecular formula is C14H16N2O2. The third kappa shape index (κ3) is 3.12. The van der Waals surface area contributed by atoms with Gasteiger partial charge in [0.05, 0.1) is 18.0 Å². The van der Waals surface area contributed by atoms with E-state index in [2.05, 4.69) is 9.97 Å². The van der Waals surface area contributed by atoms with Gasteiger partial charge >= 0.3 is 0 Å². The quantitative estimate of drug-likeness (QED) is 0.871. The fourth-order valence-electron chi connectivity index (χ4n) is 1.77. The smallest absolute Gasteiger partial charge is 0.0889 e. The van der Waals surface area contributed by atoms with E-state index < -0.39 is 0 Å². The number of nitrogens with zero attached hydrogens (tertiary/aromatic N) is 2. The number of ether oxygens (including phenoxy) is 1. The van der Waals surface area contributed by atoms with Gasteiger partial charge in [0.15, 0.2) is 0 Å². The molecule has 1 N–H and O–H groups in total. The SMILES string of the molecule is COCc1ccnc(-c2cc(CCO)ccn2)c1. The molecule has 2 aromatic rings. The lowest BCUT2D eigenvalue weighted by Crippen LogP contribution is -1.95. The number of aliphatic hydroxyl groups is 1. The normalized spacial score (nSPS) is 10.6. The average Bonchev–Trinajstić information content (AvgIpc) is 2.40. The average molecular weight is 244 g/mol. The Morgan fingerprint density at radius 3 is 2.28 bits per heavy atom. The zero-order chi connectivity index (χ0) is 12.8.